The number of benzene rings is 2. The Morgan fingerprint density at radius 2 is 2.04 bits per heavy atom. The molecule has 0 bridgehead atoms. The SMILES string of the molecule is O=C(CSc1ccc([N+](=O)[O-])cc1)N/N=C/c1ccc(O)c(Br)c1. The van der Waals surface area contributed by atoms with Crippen LogP contribution in [0.1, 0.15) is 5.56 Å². The molecule has 0 aliphatic rings. The average Bonchev–Trinajstić information content (AvgIpc) is 2.56. The van der Waals surface area contributed by atoms with Crippen molar-refractivity contribution in [2.75, 3.05) is 5.75 Å². The van der Waals surface area contributed by atoms with Gasteiger partial charge >= 0.3 is 0 Å². The second kappa shape index (κ2) is 8.46. The molecule has 0 aromatic heterocycles. The number of rotatable bonds is 6. The number of nitrogens with zero attached hydrogens (tertiary/aromatic N) is 2. The van der Waals surface area contributed by atoms with Crippen LogP contribution in [0.5, 0.6) is 5.75 Å². The number of hydrogen-bond donors (Lipinski definition) is 2. The van der Waals surface area contributed by atoms with Crippen molar-refractivity contribution in [3.8, 4) is 5.75 Å². The van der Waals surface area contributed by atoms with Gasteiger partial charge in [0.2, 0.25) is 5.91 Å². The van der Waals surface area contributed by atoms with Gasteiger partial charge in [0.05, 0.1) is 21.4 Å². The van der Waals surface area contributed by atoms with Gasteiger partial charge in [0, 0.05) is 17.0 Å². The van der Waals surface area contributed by atoms with Crippen LogP contribution in [0, 0.1) is 10.1 Å². The molecule has 0 aliphatic heterocycles. The van der Waals surface area contributed by atoms with Crippen molar-refractivity contribution < 1.29 is 14.8 Å². The number of amides is 1. The molecule has 0 saturated carbocycles. The number of hydrogen-bond acceptors (Lipinski definition) is 6. The molecule has 0 saturated heterocycles. The van der Waals surface area contributed by atoms with E-state index in [1.807, 2.05) is 0 Å². The predicted molar refractivity (Wildman–Crippen MR) is 95.4 cm³/mol. The monoisotopic (exact) mass is 409 g/mol. The summed E-state index contributed by atoms with van der Waals surface area (Å²) in [6.07, 6.45) is 1.46. The summed E-state index contributed by atoms with van der Waals surface area (Å²) in [6.45, 7) is 0. The Morgan fingerprint density at radius 3 is 2.67 bits per heavy atom. The van der Waals surface area contributed by atoms with E-state index in [0.717, 1.165) is 4.90 Å². The van der Waals surface area contributed by atoms with Crippen LogP contribution in [0.2, 0.25) is 0 Å². The minimum atomic E-state index is -0.475. The van der Waals surface area contributed by atoms with Gasteiger partial charge in [0.15, 0.2) is 0 Å². The summed E-state index contributed by atoms with van der Waals surface area (Å²) in [6, 6.07) is 10.8. The normalized spacial score (nSPS) is 10.7. The lowest BCUT2D eigenvalue weighted by Crippen LogP contribution is -2.19. The van der Waals surface area contributed by atoms with Crippen LogP contribution in [-0.4, -0.2) is 27.9 Å². The zero-order valence-corrected chi connectivity index (χ0v) is 14.6. The zero-order valence-electron chi connectivity index (χ0n) is 12.2. The van der Waals surface area contributed by atoms with Crippen LogP contribution in [0.25, 0.3) is 0 Å². The lowest BCUT2D eigenvalue weighted by Gasteiger charge is -2.01. The quantitative estimate of drug-likeness (QED) is 0.329. The van der Waals surface area contributed by atoms with Crippen LogP contribution in [0.3, 0.4) is 0 Å². The van der Waals surface area contributed by atoms with Crippen LogP contribution in [0.15, 0.2) is 56.9 Å². The molecular formula is C15H12BrN3O4S. The van der Waals surface area contributed by atoms with E-state index in [9.17, 15) is 20.0 Å². The summed E-state index contributed by atoms with van der Waals surface area (Å²) in [7, 11) is 0. The van der Waals surface area contributed by atoms with Crippen LogP contribution < -0.4 is 5.43 Å². The van der Waals surface area contributed by atoms with Gasteiger partial charge < -0.3 is 5.11 Å². The molecule has 0 radical (unpaired) electrons. The van der Waals surface area contributed by atoms with E-state index < -0.39 is 4.92 Å². The highest BCUT2D eigenvalue weighted by atomic mass is 79.9. The van der Waals surface area contributed by atoms with Crippen LogP contribution >= 0.6 is 27.7 Å². The largest absolute Gasteiger partial charge is 0.507 e. The van der Waals surface area contributed by atoms with Gasteiger partial charge in [-0.15, -0.1) is 11.8 Å². The molecule has 2 N–H and O–H groups in total. The summed E-state index contributed by atoms with van der Waals surface area (Å²) >= 11 is 4.44. The van der Waals surface area contributed by atoms with E-state index in [0.29, 0.717) is 10.0 Å². The molecule has 2 aromatic carbocycles. The van der Waals surface area contributed by atoms with Gasteiger partial charge in [0.25, 0.3) is 5.69 Å². The first kappa shape index (κ1) is 18.0. The third-order valence-electron chi connectivity index (χ3n) is 2.79. The molecule has 24 heavy (non-hydrogen) atoms. The minimum Gasteiger partial charge on any atom is -0.507 e. The molecule has 9 heteroatoms. The number of non-ortho nitro benzene ring substituents is 1. The summed E-state index contributed by atoms with van der Waals surface area (Å²) in [5.74, 6) is -0.0443. The molecule has 7 nitrogen and oxygen atoms in total. The highest BCUT2D eigenvalue weighted by Crippen LogP contribution is 2.23. The number of phenols is 1. The smallest absolute Gasteiger partial charge is 0.269 e. The fraction of sp³-hybridized carbons (Fsp3) is 0.0667. The number of hydrazone groups is 1. The van der Waals surface area contributed by atoms with Crippen molar-refractivity contribution in [2.24, 2.45) is 5.10 Å². The Balaban J connectivity index is 1.81. The number of aromatic hydroxyl groups is 1. The van der Waals surface area contributed by atoms with E-state index >= 15 is 0 Å². The number of halogens is 1. The molecule has 124 valence electrons. The van der Waals surface area contributed by atoms with E-state index in [1.165, 1.54) is 36.2 Å². The zero-order chi connectivity index (χ0) is 17.5. The van der Waals surface area contributed by atoms with Crippen LogP contribution in [-0.2, 0) is 4.79 Å². The fourth-order valence-corrected chi connectivity index (χ4v) is 2.71. The Bertz CT molecular complexity index is 781. The Morgan fingerprint density at radius 1 is 1.33 bits per heavy atom. The molecule has 0 atom stereocenters. The highest BCUT2D eigenvalue weighted by Gasteiger charge is 2.06. The van der Waals surface area contributed by atoms with Crippen molar-refractivity contribution >= 4 is 45.5 Å². The first-order chi connectivity index (χ1) is 11.5. The van der Waals surface area contributed by atoms with E-state index in [-0.39, 0.29) is 23.1 Å². The van der Waals surface area contributed by atoms with Gasteiger partial charge in [-0.3, -0.25) is 14.9 Å². The first-order valence-electron chi connectivity index (χ1n) is 6.63. The lowest BCUT2D eigenvalue weighted by atomic mass is 10.2. The number of nitrogens with one attached hydrogen (secondary N) is 1. The summed E-state index contributed by atoms with van der Waals surface area (Å²) in [5, 5.41) is 23.8. The number of nitro groups is 1. The number of thioether (sulfide) groups is 1. The summed E-state index contributed by atoms with van der Waals surface area (Å²) < 4.78 is 0.534. The number of carbonyl (C=O) groups excluding carboxylic acids is 1. The maximum Gasteiger partial charge on any atom is 0.269 e. The standard InChI is InChI=1S/C15H12BrN3O4S/c16-13-7-10(1-6-14(13)20)8-17-18-15(21)9-24-12-4-2-11(3-5-12)19(22)23/h1-8,20H,9H2,(H,18,21)/b17-8+. The van der Waals surface area contributed by atoms with Crippen molar-refractivity contribution in [1.82, 2.24) is 5.43 Å². The molecule has 0 aliphatic carbocycles. The predicted octanol–water partition coefficient (Wildman–Crippen LogP) is 3.31. The van der Waals surface area contributed by atoms with Gasteiger partial charge in [-0.05, 0) is 51.8 Å². The van der Waals surface area contributed by atoms with E-state index in [4.69, 9.17) is 0 Å². The molecule has 2 aromatic rings. The lowest BCUT2D eigenvalue weighted by molar-refractivity contribution is -0.384. The second-order valence-corrected chi connectivity index (χ2v) is 6.45. The molecule has 1 amide bonds. The third-order valence-corrected chi connectivity index (χ3v) is 4.44. The maximum atomic E-state index is 11.7. The van der Waals surface area contributed by atoms with Crippen LogP contribution in [0.4, 0.5) is 5.69 Å². The summed E-state index contributed by atoms with van der Waals surface area (Å²) in [4.78, 5) is 22.5. The third kappa shape index (κ3) is 5.36. The Labute approximate surface area is 150 Å². The fourth-order valence-electron chi connectivity index (χ4n) is 1.63. The van der Waals surface area contributed by atoms with Crippen molar-refractivity contribution in [2.45, 2.75) is 4.90 Å². The maximum absolute atomic E-state index is 11.7. The minimum absolute atomic E-state index is 0.00783. The molecule has 2 rings (SSSR count). The van der Waals surface area contributed by atoms with Gasteiger partial charge in [0.1, 0.15) is 5.75 Å². The van der Waals surface area contributed by atoms with Crippen molar-refractivity contribution in [1.29, 1.82) is 0 Å². The van der Waals surface area contributed by atoms with Gasteiger partial charge in [-0.25, -0.2) is 5.43 Å². The topological polar surface area (TPSA) is 105 Å². The van der Waals surface area contributed by atoms with Crippen molar-refractivity contribution in [3.05, 3.63) is 62.6 Å². The Hall–Kier alpha value is -2.39. The molecule has 0 heterocycles. The van der Waals surface area contributed by atoms with E-state index in [1.54, 1.807) is 24.3 Å². The summed E-state index contributed by atoms with van der Waals surface area (Å²) in [5.41, 5.74) is 3.11. The number of phenolic OH excluding ortho intramolecular Hbond substituents is 1. The average molecular weight is 410 g/mol. The molecule has 0 fully saturated rings. The molecule has 0 unspecified atom stereocenters. The Kier molecular flexibility index (Phi) is 6.33. The molecular weight excluding hydrogens is 398 g/mol. The van der Waals surface area contributed by atoms with Gasteiger partial charge in [-0.2, -0.15) is 5.10 Å². The van der Waals surface area contributed by atoms with E-state index in [2.05, 4.69) is 26.5 Å². The number of carbonyl (C=O) groups is 1. The number of nitro benzene ring substituents is 1. The second-order valence-electron chi connectivity index (χ2n) is 4.54. The van der Waals surface area contributed by atoms with Crippen molar-refractivity contribution in [3.63, 3.8) is 0 Å². The highest BCUT2D eigenvalue weighted by molar-refractivity contribution is 9.10. The molecule has 0 spiro atoms. The first-order valence-corrected chi connectivity index (χ1v) is 8.41. The van der Waals surface area contributed by atoms with Gasteiger partial charge in [-0.1, -0.05) is 0 Å².